The van der Waals surface area contributed by atoms with Gasteiger partial charge in [-0.05, 0) is 38.5 Å². The minimum absolute atomic E-state index is 0.00798. The smallest absolute Gasteiger partial charge is 0.232 e. The summed E-state index contributed by atoms with van der Waals surface area (Å²) < 4.78 is 0. The summed E-state index contributed by atoms with van der Waals surface area (Å²) >= 11 is 0. The Labute approximate surface area is 504 Å². The molecule has 3 amide bonds. The number of nitrogens with zero attached hydrogens (tertiary/aromatic N) is 1. The first kappa shape index (κ1) is 81.3. The molecule has 10 heteroatoms. The van der Waals surface area contributed by atoms with Crippen LogP contribution < -0.4 is 11.1 Å². The quantitative estimate of drug-likeness (QED) is 0.0260. The molecule has 10 nitrogen and oxygen atoms in total. The number of unbranched alkanes of at least 4 members (excludes halogenated alkanes) is 46. The van der Waals surface area contributed by atoms with E-state index in [1.54, 1.807) is 0 Å². The molecule has 81 heavy (non-hydrogen) atoms. The SMILES string of the molecule is CCCCCCCCCCCCCCCC(=O)NC(CO)C(O)CCCCCCCCCCCCC.CCCCCCCCCCCCCCCC(CCO)N(C(=O)CC(N)=O)C(CCO)CCCCCCCCCCCCCCC. The fraction of sp³-hybridized carbons (Fsp3) is 0.958. The summed E-state index contributed by atoms with van der Waals surface area (Å²) in [4.78, 5) is 39.1. The average Bonchev–Trinajstić information content (AvgIpc) is 3.45. The Hall–Kier alpha value is -1.75. The third-order valence-electron chi connectivity index (χ3n) is 17.2. The number of rotatable bonds is 65. The third kappa shape index (κ3) is 58.4. The number of aliphatic hydroxyl groups excluding tert-OH is 4. The Bertz CT molecular complexity index is 1230. The molecule has 0 spiro atoms. The maximum atomic E-state index is 13.3. The summed E-state index contributed by atoms with van der Waals surface area (Å²) in [6.45, 7) is 8.88. The number of hydrogen-bond acceptors (Lipinski definition) is 7. The van der Waals surface area contributed by atoms with Gasteiger partial charge >= 0.3 is 0 Å². The molecule has 0 aliphatic rings. The molecule has 0 aromatic rings. The molecule has 0 fully saturated rings. The first-order chi connectivity index (χ1) is 39.7. The van der Waals surface area contributed by atoms with Crippen molar-refractivity contribution in [1.29, 1.82) is 0 Å². The number of carbonyl (C=O) groups excluding carboxylic acids is 3. The zero-order chi connectivity index (χ0) is 59.8. The zero-order valence-electron chi connectivity index (χ0n) is 54.8. The van der Waals surface area contributed by atoms with Crippen LogP contribution in [0.4, 0.5) is 0 Å². The monoisotopic (exact) mass is 1150 g/mol. The van der Waals surface area contributed by atoms with Gasteiger partial charge in [0, 0.05) is 31.7 Å². The fourth-order valence-electron chi connectivity index (χ4n) is 11.9. The van der Waals surface area contributed by atoms with Crippen LogP contribution in [0, 0.1) is 0 Å². The molecular formula is C71H143N3O7. The Balaban J connectivity index is 0. The molecule has 0 aromatic carbocycles. The van der Waals surface area contributed by atoms with E-state index in [1.165, 1.54) is 270 Å². The van der Waals surface area contributed by atoms with E-state index >= 15 is 0 Å². The predicted molar refractivity (Wildman–Crippen MR) is 349 cm³/mol. The molecule has 484 valence electrons. The Morgan fingerprint density at radius 3 is 0.852 bits per heavy atom. The normalized spacial score (nSPS) is 12.9. The van der Waals surface area contributed by atoms with E-state index in [9.17, 15) is 34.8 Å². The summed E-state index contributed by atoms with van der Waals surface area (Å²) in [5, 5.41) is 42.7. The van der Waals surface area contributed by atoms with E-state index in [0.717, 1.165) is 64.2 Å². The van der Waals surface area contributed by atoms with Gasteiger partial charge in [0.25, 0.3) is 0 Å². The molecule has 0 saturated heterocycles. The number of nitrogens with two attached hydrogens (primary N) is 1. The largest absolute Gasteiger partial charge is 0.396 e. The van der Waals surface area contributed by atoms with Crippen LogP contribution in [-0.2, 0) is 14.4 Å². The lowest BCUT2D eigenvalue weighted by Crippen LogP contribution is -2.49. The first-order valence-corrected chi connectivity index (χ1v) is 36.1. The van der Waals surface area contributed by atoms with Crippen molar-refractivity contribution in [2.45, 2.75) is 418 Å². The van der Waals surface area contributed by atoms with Gasteiger partial charge in [0.05, 0.1) is 18.8 Å². The number of aliphatic hydroxyl groups is 4. The molecule has 0 radical (unpaired) electrons. The summed E-state index contributed by atoms with van der Waals surface area (Å²) in [6.07, 6.45) is 67.4. The van der Waals surface area contributed by atoms with Crippen molar-refractivity contribution in [1.82, 2.24) is 10.2 Å². The van der Waals surface area contributed by atoms with Crippen molar-refractivity contribution in [2.75, 3.05) is 19.8 Å². The summed E-state index contributed by atoms with van der Waals surface area (Å²) in [5.74, 6) is -0.892. The third-order valence-corrected chi connectivity index (χ3v) is 17.2. The highest BCUT2D eigenvalue weighted by molar-refractivity contribution is 5.96. The van der Waals surface area contributed by atoms with Crippen LogP contribution in [0.1, 0.15) is 394 Å². The summed E-state index contributed by atoms with van der Waals surface area (Å²) in [5.41, 5.74) is 5.45. The van der Waals surface area contributed by atoms with Gasteiger partial charge < -0.3 is 36.4 Å². The number of primary amides is 1. The lowest BCUT2D eigenvalue weighted by Gasteiger charge is -2.38. The molecular weight excluding hydrogens is 1010 g/mol. The van der Waals surface area contributed by atoms with Crippen LogP contribution in [0.2, 0.25) is 0 Å². The van der Waals surface area contributed by atoms with Crippen LogP contribution in [0.25, 0.3) is 0 Å². The fourth-order valence-corrected chi connectivity index (χ4v) is 11.9. The van der Waals surface area contributed by atoms with E-state index in [4.69, 9.17) is 5.73 Å². The van der Waals surface area contributed by atoms with Gasteiger partial charge in [0.1, 0.15) is 6.42 Å². The molecule has 0 bridgehead atoms. The predicted octanol–water partition coefficient (Wildman–Crippen LogP) is 19.2. The lowest BCUT2D eigenvalue weighted by atomic mass is 9.96. The molecule has 4 unspecified atom stereocenters. The van der Waals surface area contributed by atoms with Crippen LogP contribution in [0.15, 0.2) is 0 Å². The minimum atomic E-state index is -0.649. The highest BCUT2D eigenvalue weighted by Crippen LogP contribution is 2.25. The van der Waals surface area contributed by atoms with Crippen LogP contribution in [0.3, 0.4) is 0 Å². The molecule has 0 aromatic heterocycles. The Morgan fingerprint density at radius 2 is 0.605 bits per heavy atom. The van der Waals surface area contributed by atoms with Gasteiger partial charge in [0.15, 0.2) is 0 Å². The highest BCUT2D eigenvalue weighted by atomic mass is 16.3. The Morgan fingerprint density at radius 1 is 0.358 bits per heavy atom. The van der Waals surface area contributed by atoms with E-state index in [2.05, 4.69) is 33.0 Å². The number of amides is 3. The molecule has 7 N–H and O–H groups in total. The molecule has 0 aliphatic carbocycles. The van der Waals surface area contributed by atoms with E-state index in [-0.39, 0.29) is 50.1 Å². The lowest BCUT2D eigenvalue weighted by molar-refractivity contribution is -0.140. The average molecular weight is 1150 g/mol. The van der Waals surface area contributed by atoms with Crippen molar-refractivity contribution in [2.24, 2.45) is 5.73 Å². The number of hydrogen-bond donors (Lipinski definition) is 6. The summed E-state index contributed by atoms with van der Waals surface area (Å²) in [7, 11) is 0. The Kier molecular flexibility index (Phi) is 67.6. The zero-order valence-corrected chi connectivity index (χ0v) is 54.8. The van der Waals surface area contributed by atoms with E-state index in [0.29, 0.717) is 25.7 Å². The van der Waals surface area contributed by atoms with Crippen molar-refractivity contribution < 1.29 is 34.8 Å². The minimum Gasteiger partial charge on any atom is -0.396 e. The maximum absolute atomic E-state index is 13.3. The molecule has 0 heterocycles. The second kappa shape index (κ2) is 67.4. The number of carbonyl (C=O) groups is 3. The topological polar surface area (TPSA) is 173 Å². The van der Waals surface area contributed by atoms with Crippen LogP contribution >= 0.6 is 0 Å². The van der Waals surface area contributed by atoms with Gasteiger partial charge in [-0.2, -0.15) is 0 Å². The second-order valence-electron chi connectivity index (χ2n) is 25.1. The standard InChI is InChI=1S/C39H78N2O4.C32H65NO3/c1-3-5-7-9-11-13-15-17-19-21-23-25-27-29-36(31-33-42)41(39(45)35-38(40)44)37(32-34-43)30-28-26-24-22-20-18-16-14-12-10-8-6-4-2;1-3-5-7-9-11-13-15-16-18-20-22-24-26-28-32(36)33-30(29-34)31(35)27-25-23-21-19-17-14-12-10-8-6-4-2/h36-37,42-43H,3-35H2,1-2H3,(H2,40,44);30-31,34-35H,3-29H2,1-2H3,(H,33,36). The maximum Gasteiger partial charge on any atom is 0.232 e. The van der Waals surface area contributed by atoms with Gasteiger partial charge in [-0.15, -0.1) is 0 Å². The first-order valence-electron chi connectivity index (χ1n) is 36.1. The highest BCUT2D eigenvalue weighted by Gasteiger charge is 2.30. The van der Waals surface area contributed by atoms with Crippen LogP contribution in [0.5, 0.6) is 0 Å². The second-order valence-corrected chi connectivity index (χ2v) is 25.1. The van der Waals surface area contributed by atoms with Gasteiger partial charge in [-0.25, -0.2) is 0 Å². The van der Waals surface area contributed by atoms with Gasteiger partial charge in [0.2, 0.25) is 17.7 Å². The molecule has 0 rings (SSSR count). The van der Waals surface area contributed by atoms with Crippen molar-refractivity contribution in [3.8, 4) is 0 Å². The van der Waals surface area contributed by atoms with E-state index in [1.807, 2.05) is 4.90 Å². The summed E-state index contributed by atoms with van der Waals surface area (Å²) in [6, 6.07) is -0.760. The molecule has 0 saturated carbocycles. The van der Waals surface area contributed by atoms with Crippen molar-refractivity contribution in [3.63, 3.8) is 0 Å². The van der Waals surface area contributed by atoms with Gasteiger partial charge in [-0.3, -0.25) is 14.4 Å². The van der Waals surface area contributed by atoms with Crippen LogP contribution in [-0.4, -0.2) is 87.1 Å². The van der Waals surface area contributed by atoms with E-state index < -0.39 is 18.1 Å². The number of nitrogens with one attached hydrogen (secondary N) is 1. The van der Waals surface area contributed by atoms with Gasteiger partial charge in [-0.1, -0.05) is 342 Å². The van der Waals surface area contributed by atoms with Crippen molar-refractivity contribution in [3.05, 3.63) is 0 Å². The molecule has 4 atom stereocenters. The molecule has 0 aliphatic heterocycles. The van der Waals surface area contributed by atoms with Crippen molar-refractivity contribution >= 4 is 17.7 Å².